The average molecular weight is 420 g/mol. The number of nitrogens with zero attached hydrogens (tertiary/aromatic N) is 2. The molecule has 1 aliphatic rings. The van der Waals surface area contributed by atoms with Gasteiger partial charge in [-0.2, -0.15) is 0 Å². The number of ether oxygens (including phenoxy) is 3. The van der Waals surface area contributed by atoms with Crippen LogP contribution in [0.1, 0.15) is 45.6 Å². The van der Waals surface area contributed by atoms with Crippen molar-refractivity contribution in [1.82, 2.24) is 10.2 Å². The van der Waals surface area contributed by atoms with E-state index < -0.39 is 0 Å². The van der Waals surface area contributed by atoms with Crippen LogP contribution in [0.15, 0.2) is 23.2 Å². The second-order valence-corrected chi connectivity index (χ2v) is 7.27. The number of methoxy groups -OCH3 is 1. The van der Waals surface area contributed by atoms with Crippen LogP contribution in [0.5, 0.6) is 11.5 Å². The average Bonchev–Trinajstić information content (AvgIpc) is 2.76. The highest BCUT2D eigenvalue weighted by Crippen LogP contribution is 2.28. The predicted molar refractivity (Wildman–Crippen MR) is 119 cm³/mol. The number of aryl methyl sites for hydroxylation is 1. The Morgan fingerprint density at radius 1 is 1.17 bits per heavy atom. The molecule has 7 heteroatoms. The van der Waals surface area contributed by atoms with Crippen LogP contribution in [-0.4, -0.2) is 63.3 Å². The number of hydrogen-bond donors (Lipinski definition) is 1. The SMILES string of the molecule is CCNC(=NCCCc1ccc(OC)c(OCC)c1)N1CCC(C(=O)OCC)CC1. The number of hydrogen-bond acceptors (Lipinski definition) is 5. The van der Waals surface area contributed by atoms with E-state index in [9.17, 15) is 4.79 Å². The Bertz CT molecular complexity index is 685. The van der Waals surface area contributed by atoms with Gasteiger partial charge in [-0.1, -0.05) is 6.07 Å². The molecule has 1 heterocycles. The largest absolute Gasteiger partial charge is 0.493 e. The molecule has 30 heavy (non-hydrogen) atoms. The molecule has 1 saturated heterocycles. The fraction of sp³-hybridized carbons (Fsp3) is 0.652. The van der Waals surface area contributed by atoms with Gasteiger partial charge in [0.1, 0.15) is 0 Å². The Morgan fingerprint density at radius 3 is 2.57 bits per heavy atom. The molecule has 0 amide bonds. The number of carbonyl (C=O) groups is 1. The molecule has 0 aromatic heterocycles. The summed E-state index contributed by atoms with van der Waals surface area (Å²) in [5, 5.41) is 3.38. The maximum absolute atomic E-state index is 11.9. The molecule has 0 aliphatic carbocycles. The van der Waals surface area contributed by atoms with Gasteiger partial charge in [0.25, 0.3) is 0 Å². The fourth-order valence-electron chi connectivity index (χ4n) is 3.63. The third kappa shape index (κ3) is 7.11. The van der Waals surface area contributed by atoms with E-state index in [1.54, 1.807) is 7.11 Å². The zero-order valence-corrected chi connectivity index (χ0v) is 18.9. The van der Waals surface area contributed by atoms with E-state index in [0.717, 1.165) is 69.3 Å². The Kier molecular flexibility index (Phi) is 10.3. The lowest BCUT2D eigenvalue weighted by Gasteiger charge is -2.33. The van der Waals surface area contributed by atoms with E-state index in [-0.39, 0.29) is 11.9 Å². The summed E-state index contributed by atoms with van der Waals surface area (Å²) >= 11 is 0. The fourth-order valence-corrected chi connectivity index (χ4v) is 3.63. The van der Waals surface area contributed by atoms with Crippen LogP contribution in [0.25, 0.3) is 0 Å². The molecule has 1 aromatic rings. The highest BCUT2D eigenvalue weighted by atomic mass is 16.5. The van der Waals surface area contributed by atoms with Gasteiger partial charge in [-0.15, -0.1) is 0 Å². The van der Waals surface area contributed by atoms with Crippen molar-refractivity contribution in [3.05, 3.63) is 23.8 Å². The van der Waals surface area contributed by atoms with Crippen molar-refractivity contribution in [3.63, 3.8) is 0 Å². The third-order valence-corrected chi connectivity index (χ3v) is 5.16. The first kappa shape index (κ1) is 23.8. The summed E-state index contributed by atoms with van der Waals surface area (Å²) in [6.45, 7) is 10.2. The predicted octanol–water partition coefficient (Wildman–Crippen LogP) is 3.27. The molecule has 0 unspecified atom stereocenters. The third-order valence-electron chi connectivity index (χ3n) is 5.16. The zero-order chi connectivity index (χ0) is 21.8. The van der Waals surface area contributed by atoms with Crippen molar-refractivity contribution in [2.45, 2.75) is 46.5 Å². The van der Waals surface area contributed by atoms with Crippen molar-refractivity contribution in [2.24, 2.45) is 10.9 Å². The molecule has 0 spiro atoms. The minimum atomic E-state index is -0.0648. The number of likely N-dealkylation sites (tertiary alicyclic amines) is 1. The van der Waals surface area contributed by atoms with Crippen LogP contribution >= 0.6 is 0 Å². The van der Waals surface area contributed by atoms with E-state index in [2.05, 4.69) is 29.3 Å². The second kappa shape index (κ2) is 13.0. The van der Waals surface area contributed by atoms with Gasteiger partial charge in [0.15, 0.2) is 17.5 Å². The molecule has 168 valence electrons. The lowest BCUT2D eigenvalue weighted by atomic mass is 9.97. The summed E-state index contributed by atoms with van der Waals surface area (Å²) in [7, 11) is 1.66. The first-order chi connectivity index (χ1) is 14.6. The number of aliphatic imine (C=N–C) groups is 1. The van der Waals surface area contributed by atoms with Gasteiger partial charge in [-0.3, -0.25) is 9.79 Å². The highest BCUT2D eigenvalue weighted by molar-refractivity contribution is 5.80. The first-order valence-electron chi connectivity index (χ1n) is 11.1. The summed E-state index contributed by atoms with van der Waals surface area (Å²) in [6.07, 6.45) is 3.51. The summed E-state index contributed by atoms with van der Waals surface area (Å²) in [6, 6.07) is 6.09. The summed E-state index contributed by atoms with van der Waals surface area (Å²) in [5.74, 6) is 2.44. The van der Waals surface area contributed by atoms with Gasteiger partial charge < -0.3 is 24.4 Å². The standard InChI is InChI=1S/C23H37N3O4/c1-5-24-23(26-15-12-19(13-16-26)22(27)30-7-3)25-14-8-9-18-10-11-20(28-4)21(17-18)29-6-2/h10-11,17,19H,5-9,12-16H2,1-4H3,(H,24,25). The van der Waals surface area contributed by atoms with E-state index >= 15 is 0 Å². The van der Waals surface area contributed by atoms with Crippen LogP contribution in [0.4, 0.5) is 0 Å². The van der Waals surface area contributed by atoms with Gasteiger partial charge in [0.05, 0.1) is 26.2 Å². The van der Waals surface area contributed by atoms with Gasteiger partial charge in [0.2, 0.25) is 0 Å². The van der Waals surface area contributed by atoms with Crippen LogP contribution in [0.3, 0.4) is 0 Å². The minimum absolute atomic E-state index is 0.0127. The molecule has 7 nitrogen and oxygen atoms in total. The van der Waals surface area contributed by atoms with Crippen molar-refractivity contribution in [1.29, 1.82) is 0 Å². The zero-order valence-electron chi connectivity index (χ0n) is 18.9. The molecule has 1 N–H and O–H groups in total. The molecule has 1 fully saturated rings. The van der Waals surface area contributed by atoms with Crippen LogP contribution < -0.4 is 14.8 Å². The van der Waals surface area contributed by atoms with E-state index in [1.165, 1.54) is 5.56 Å². The van der Waals surface area contributed by atoms with Crippen LogP contribution in [0.2, 0.25) is 0 Å². The maximum Gasteiger partial charge on any atom is 0.309 e. The molecule has 2 rings (SSSR count). The lowest BCUT2D eigenvalue weighted by molar-refractivity contribution is -0.149. The summed E-state index contributed by atoms with van der Waals surface area (Å²) < 4.78 is 16.2. The van der Waals surface area contributed by atoms with Gasteiger partial charge >= 0.3 is 5.97 Å². The van der Waals surface area contributed by atoms with Gasteiger partial charge in [-0.25, -0.2) is 0 Å². The monoisotopic (exact) mass is 419 g/mol. The Balaban J connectivity index is 1.87. The molecule has 0 bridgehead atoms. The Morgan fingerprint density at radius 2 is 1.93 bits per heavy atom. The number of guanidine groups is 1. The summed E-state index contributed by atoms with van der Waals surface area (Å²) in [4.78, 5) is 19.0. The maximum atomic E-state index is 11.9. The molecule has 0 radical (unpaired) electrons. The second-order valence-electron chi connectivity index (χ2n) is 7.27. The van der Waals surface area contributed by atoms with Crippen molar-refractivity contribution >= 4 is 11.9 Å². The molecule has 0 atom stereocenters. The quantitative estimate of drug-likeness (QED) is 0.272. The van der Waals surface area contributed by atoms with E-state index in [1.807, 2.05) is 19.9 Å². The number of esters is 1. The number of nitrogens with one attached hydrogen (secondary N) is 1. The Hall–Kier alpha value is -2.44. The Labute approximate surface area is 180 Å². The van der Waals surface area contributed by atoms with Crippen LogP contribution in [-0.2, 0) is 16.0 Å². The molecular weight excluding hydrogens is 382 g/mol. The molecule has 1 aromatic carbocycles. The van der Waals surface area contributed by atoms with E-state index in [0.29, 0.717) is 13.2 Å². The number of benzene rings is 1. The number of piperidine rings is 1. The molecule has 1 aliphatic heterocycles. The molecular formula is C23H37N3O4. The topological polar surface area (TPSA) is 72.4 Å². The molecule has 0 saturated carbocycles. The van der Waals surface area contributed by atoms with Gasteiger partial charge in [-0.05, 0) is 64.2 Å². The number of rotatable bonds is 10. The minimum Gasteiger partial charge on any atom is -0.493 e. The lowest BCUT2D eigenvalue weighted by Crippen LogP contribution is -2.46. The van der Waals surface area contributed by atoms with Gasteiger partial charge in [0, 0.05) is 26.2 Å². The van der Waals surface area contributed by atoms with E-state index in [4.69, 9.17) is 19.2 Å². The summed E-state index contributed by atoms with van der Waals surface area (Å²) in [5.41, 5.74) is 1.22. The van der Waals surface area contributed by atoms with Crippen molar-refractivity contribution in [3.8, 4) is 11.5 Å². The normalized spacial score (nSPS) is 15.1. The van der Waals surface area contributed by atoms with Crippen molar-refractivity contribution in [2.75, 3.05) is 46.5 Å². The highest BCUT2D eigenvalue weighted by Gasteiger charge is 2.27. The first-order valence-corrected chi connectivity index (χ1v) is 11.1. The number of carbonyl (C=O) groups excluding carboxylic acids is 1. The smallest absolute Gasteiger partial charge is 0.309 e. The van der Waals surface area contributed by atoms with Crippen LogP contribution in [0, 0.1) is 5.92 Å². The van der Waals surface area contributed by atoms with Crippen molar-refractivity contribution < 1.29 is 19.0 Å².